The highest BCUT2D eigenvalue weighted by Gasteiger charge is 2.28. The van der Waals surface area contributed by atoms with Crippen LogP contribution in [-0.4, -0.2) is 23.9 Å². The van der Waals surface area contributed by atoms with Gasteiger partial charge in [0.1, 0.15) is 0 Å². The van der Waals surface area contributed by atoms with E-state index in [1.807, 2.05) is 24.6 Å². The minimum Gasteiger partial charge on any atom is -0.294 e. The topological polar surface area (TPSA) is 64.1 Å². The Balaban J connectivity index is 1.76. The molecule has 142 valence electrons. The number of fused-ring (bicyclic) bond motifs is 1. The number of aryl methyl sites for hydroxylation is 1. The van der Waals surface area contributed by atoms with E-state index in [0.29, 0.717) is 17.5 Å². The van der Waals surface area contributed by atoms with E-state index in [1.54, 1.807) is 56.4 Å². The second-order valence-corrected chi connectivity index (χ2v) is 11.3. The lowest BCUT2D eigenvalue weighted by Gasteiger charge is -2.19. The number of ketones is 1. The number of sulfone groups is 1. The molecule has 0 aliphatic carbocycles. The molecule has 0 N–H and O–H groups in total. The van der Waals surface area contributed by atoms with E-state index in [9.17, 15) is 13.2 Å². The lowest BCUT2D eigenvalue weighted by molar-refractivity contribution is 0.0993. The van der Waals surface area contributed by atoms with Crippen LogP contribution in [-0.2, 0) is 22.0 Å². The van der Waals surface area contributed by atoms with Crippen molar-refractivity contribution in [1.29, 1.82) is 0 Å². The van der Waals surface area contributed by atoms with Gasteiger partial charge in [0.2, 0.25) is 0 Å². The third-order valence-electron chi connectivity index (χ3n) is 4.78. The number of nitrogens with zero attached hydrogens (tertiary/aromatic N) is 1. The van der Waals surface area contributed by atoms with Crippen molar-refractivity contribution >= 4 is 37.2 Å². The summed E-state index contributed by atoms with van der Waals surface area (Å²) in [5.41, 5.74) is 6.15. The highest BCUT2D eigenvalue weighted by molar-refractivity contribution is 7.91. The molecule has 0 saturated carbocycles. The van der Waals surface area contributed by atoms with Crippen molar-refractivity contribution in [3.05, 3.63) is 64.2 Å². The van der Waals surface area contributed by atoms with E-state index in [4.69, 9.17) is 0 Å². The first-order valence-electron chi connectivity index (χ1n) is 8.74. The van der Waals surface area contributed by atoms with Crippen LogP contribution in [0.4, 0.5) is 0 Å². The molecule has 0 aliphatic rings. The van der Waals surface area contributed by atoms with Crippen LogP contribution in [0.25, 0.3) is 10.2 Å². The maximum Gasteiger partial charge on any atom is 0.167 e. The zero-order valence-electron chi connectivity index (χ0n) is 15.9. The molecule has 0 aliphatic heterocycles. The molecular formula is C21H23NO3S2. The van der Waals surface area contributed by atoms with Gasteiger partial charge in [-0.05, 0) is 50.5 Å². The molecule has 6 heteroatoms. The number of hydrogen-bond donors (Lipinski definition) is 0. The van der Waals surface area contributed by atoms with Crippen LogP contribution in [0.15, 0.2) is 41.9 Å². The van der Waals surface area contributed by atoms with Gasteiger partial charge in [0, 0.05) is 12.0 Å². The molecule has 0 saturated heterocycles. The summed E-state index contributed by atoms with van der Waals surface area (Å²) < 4.78 is 25.0. The fourth-order valence-electron chi connectivity index (χ4n) is 2.79. The van der Waals surface area contributed by atoms with Gasteiger partial charge in [-0.15, -0.1) is 11.3 Å². The molecule has 0 bridgehead atoms. The van der Waals surface area contributed by atoms with Crippen LogP contribution < -0.4 is 0 Å². The number of aromatic nitrogens is 1. The van der Waals surface area contributed by atoms with Crippen LogP contribution in [0.5, 0.6) is 0 Å². The zero-order chi connectivity index (χ0) is 19.8. The summed E-state index contributed by atoms with van der Waals surface area (Å²) in [6, 6.07) is 10.8. The summed E-state index contributed by atoms with van der Waals surface area (Å²) in [7, 11) is -3.24. The first kappa shape index (κ1) is 19.7. The minimum absolute atomic E-state index is 0.0205. The van der Waals surface area contributed by atoms with Crippen molar-refractivity contribution in [3.8, 4) is 0 Å². The van der Waals surface area contributed by atoms with Crippen molar-refractivity contribution in [1.82, 2.24) is 4.98 Å². The molecule has 0 unspecified atom stereocenters. The number of thiazole rings is 1. The molecule has 0 fully saturated rings. The Hall–Kier alpha value is -2.05. The van der Waals surface area contributed by atoms with Crippen molar-refractivity contribution in [2.24, 2.45) is 0 Å². The smallest absolute Gasteiger partial charge is 0.167 e. The van der Waals surface area contributed by atoms with Crippen LogP contribution in [0.3, 0.4) is 0 Å². The highest BCUT2D eigenvalue weighted by atomic mass is 32.2. The van der Waals surface area contributed by atoms with Crippen LogP contribution in [0.2, 0.25) is 0 Å². The quantitative estimate of drug-likeness (QED) is 0.579. The molecular weight excluding hydrogens is 378 g/mol. The second-order valence-electron chi connectivity index (χ2n) is 7.72. The normalized spacial score (nSPS) is 12.4. The van der Waals surface area contributed by atoms with Gasteiger partial charge in [-0.3, -0.25) is 4.79 Å². The van der Waals surface area contributed by atoms with E-state index in [0.717, 1.165) is 21.3 Å². The lowest BCUT2D eigenvalue weighted by Crippen LogP contribution is -2.29. The first-order chi connectivity index (χ1) is 12.6. The number of hydrogen-bond acceptors (Lipinski definition) is 5. The van der Waals surface area contributed by atoms with Gasteiger partial charge in [0.25, 0.3) is 0 Å². The number of rotatable bonds is 5. The molecule has 3 aromatic rings. The molecule has 4 nitrogen and oxygen atoms in total. The Labute approximate surface area is 164 Å². The standard InChI is InChI=1S/C21H23NO3S2/c1-14-17(9-10-18-20(14)26-13-22-18)11-19(23)16-7-5-15(6-8-16)12-27(24,25)21(2,3)4/h5-10,13H,11-12H2,1-4H3. The number of carbonyl (C=O) groups excluding carboxylic acids is 1. The Morgan fingerprint density at radius 3 is 2.37 bits per heavy atom. The van der Waals surface area contributed by atoms with Crippen molar-refractivity contribution in [2.45, 2.75) is 44.6 Å². The van der Waals surface area contributed by atoms with Crippen LogP contribution in [0, 0.1) is 6.92 Å². The predicted molar refractivity (Wildman–Crippen MR) is 111 cm³/mol. The summed E-state index contributed by atoms with van der Waals surface area (Å²) in [6.45, 7) is 7.11. The average molecular weight is 402 g/mol. The number of Topliss-reactive ketones (excluding diaryl/α,β-unsaturated/α-hetero) is 1. The van der Waals surface area contributed by atoms with Gasteiger partial charge in [0.05, 0.1) is 26.2 Å². The molecule has 0 radical (unpaired) electrons. The molecule has 27 heavy (non-hydrogen) atoms. The Morgan fingerprint density at radius 1 is 1.07 bits per heavy atom. The van der Waals surface area contributed by atoms with Crippen LogP contribution >= 0.6 is 11.3 Å². The summed E-state index contributed by atoms with van der Waals surface area (Å²) in [4.78, 5) is 17.0. The molecule has 1 aromatic heterocycles. The van der Waals surface area contributed by atoms with Gasteiger partial charge < -0.3 is 0 Å². The van der Waals surface area contributed by atoms with Crippen molar-refractivity contribution < 1.29 is 13.2 Å². The maximum absolute atomic E-state index is 12.7. The Kier molecular flexibility index (Phi) is 5.23. The van der Waals surface area contributed by atoms with E-state index in [1.165, 1.54) is 0 Å². The minimum atomic E-state index is -3.24. The van der Waals surface area contributed by atoms with E-state index in [2.05, 4.69) is 4.98 Å². The van der Waals surface area contributed by atoms with Gasteiger partial charge >= 0.3 is 0 Å². The Bertz CT molecular complexity index is 1090. The lowest BCUT2D eigenvalue weighted by atomic mass is 9.98. The monoisotopic (exact) mass is 401 g/mol. The predicted octanol–water partition coefficient (Wildman–Crippen LogP) is 4.74. The van der Waals surface area contributed by atoms with Crippen molar-refractivity contribution in [3.63, 3.8) is 0 Å². The number of benzene rings is 2. The third-order valence-corrected chi connectivity index (χ3v) is 8.32. The molecule has 3 rings (SSSR count). The highest BCUT2D eigenvalue weighted by Crippen LogP contribution is 2.26. The Morgan fingerprint density at radius 2 is 1.74 bits per heavy atom. The van der Waals surface area contributed by atoms with E-state index in [-0.39, 0.29) is 11.5 Å². The van der Waals surface area contributed by atoms with E-state index < -0.39 is 14.6 Å². The number of carbonyl (C=O) groups is 1. The van der Waals surface area contributed by atoms with Crippen molar-refractivity contribution in [2.75, 3.05) is 0 Å². The molecule has 0 atom stereocenters. The fraction of sp³-hybridized carbons (Fsp3) is 0.333. The van der Waals surface area contributed by atoms with Gasteiger partial charge in [-0.1, -0.05) is 30.3 Å². The second kappa shape index (κ2) is 7.17. The van der Waals surface area contributed by atoms with E-state index >= 15 is 0 Å². The first-order valence-corrected chi connectivity index (χ1v) is 11.3. The van der Waals surface area contributed by atoms with Gasteiger partial charge in [-0.2, -0.15) is 0 Å². The third kappa shape index (κ3) is 4.12. The maximum atomic E-state index is 12.7. The summed E-state index contributed by atoms with van der Waals surface area (Å²) >= 11 is 1.58. The average Bonchev–Trinajstić information content (AvgIpc) is 3.06. The largest absolute Gasteiger partial charge is 0.294 e. The molecule has 1 heterocycles. The summed E-state index contributed by atoms with van der Waals surface area (Å²) in [5.74, 6) is -0.00115. The van der Waals surface area contributed by atoms with Crippen LogP contribution in [0.1, 0.15) is 47.8 Å². The SMILES string of the molecule is Cc1c(CC(=O)c2ccc(CS(=O)(=O)C(C)(C)C)cc2)ccc2ncsc12. The molecule has 0 amide bonds. The zero-order valence-corrected chi connectivity index (χ0v) is 17.6. The molecule has 0 spiro atoms. The fourth-order valence-corrected chi connectivity index (χ4v) is 4.68. The van der Waals surface area contributed by atoms with Gasteiger partial charge in [0.15, 0.2) is 15.6 Å². The van der Waals surface area contributed by atoms with Gasteiger partial charge in [-0.25, -0.2) is 13.4 Å². The molecule has 2 aromatic carbocycles. The summed E-state index contributed by atoms with van der Waals surface area (Å²) in [6.07, 6.45) is 0.319. The summed E-state index contributed by atoms with van der Waals surface area (Å²) in [5, 5.41) is 0.